The molecule has 2 aromatic heterocycles. The second-order valence-electron chi connectivity index (χ2n) is 9.18. The van der Waals surface area contributed by atoms with Crippen molar-refractivity contribution in [3.8, 4) is 0 Å². The van der Waals surface area contributed by atoms with Crippen LogP contribution in [0.5, 0.6) is 0 Å². The van der Waals surface area contributed by atoms with E-state index in [0.717, 1.165) is 47.6 Å². The molecule has 0 saturated carbocycles. The molecule has 0 bridgehead atoms. The molecule has 9 heteroatoms. The first-order valence-electron chi connectivity index (χ1n) is 11.4. The number of anilines is 4. The predicted molar refractivity (Wildman–Crippen MR) is 138 cm³/mol. The average molecular weight is 468 g/mol. The van der Waals surface area contributed by atoms with Crippen LogP contribution in [0.4, 0.5) is 23.1 Å². The van der Waals surface area contributed by atoms with Crippen LogP contribution in [0, 0.1) is 12.8 Å². The van der Waals surface area contributed by atoms with Gasteiger partial charge in [-0.3, -0.25) is 4.79 Å². The van der Waals surface area contributed by atoms with E-state index < -0.39 is 6.04 Å². The number of hydrogen-bond acceptors (Lipinski definition) is 8. The summed E-state index contributed by atoms with van der Waals surface area (Å²) in [5, 5.41) is 9.12. The van der Waals surface area contributed by atoms with Crippen molar-refractivity contribution >= 4 is 50.6 Å². The Labute approximate surface area is 199 Å². The van der Waals surface area contributed by atoms with Crippen LogP contribution in [0.1, 0.15) is 25.8 Å². The Bertz CT molecular complexity index is 1100. The Balaban J connectivity index is 1.53. The van der Waals surface area contributed by atoms with E-state index in [4.69, 9.17) is 5.73 Å². The Kier molecular flexibility index (Phi) is 7.11. The van der Waals surface area contributed by atoms with Crippen LogP contribution in [-0.4, -0.2) is 60.0 Å². The maximum atomic E-state index is 12.7. The molecule has 1 fully saturated rings. The van der Waals surface area contributed by atoms with Crippen LogP contribution in [-0.2, 0) is 4.79 Å². The molecule has 0 radical (unpaired) electrons. The summed E-state index contributed by atoms with van der Waals surface area (Å²) in [5.41, 5.74) is 9.24. The standard InChI is InChI=1S/C24H33N7OS/c1-15(2)13-19(25)22(32)27-21-20-16(3)14-33-23(20)29-24(28-21)26-17-5-7-18(8-6-17)31-11-9-30(4)10-12-31/h5-8,14-15,19H,9-13,25H2,1-4H3,(H2,26,27,28,29,32)/t19-/m1/s1. The third kappa shape index (κ3) is 5.61. The maximum Gasteiger partial charge on any atom is 0.242 e. The van der Waals surface area contributed by atoms with Gasteiger partial charge in [0.05, 0.1) is 11.4 Å². The van der Waals surface area contributed by atoms with E-state index in [-0.39, 0.29) is 5.91 Å². The lowest BCUT2D eigenvalue weighted by molar-refractivity contribution is -0.117. The molecule has 1 saturated heterocycles. The van der Waals surface area contributed by atoms with E-state index in [0.29, 0.717) is 24.1 Å². The molecular formula is C24H33N7OS. The zero-order chi connectivity index (χ0) is 23.5. The fourth-order valence-corrected chi connectivity index (χ4v) is 4.92. The number of aromatic nitrogens is 2. The van der Waals surface area contributed by atoms with E-state index in [1.807, 2.05) is 24.4 Å². The van der Waals surface area contributed by atoms with Crippen molar-refractivity contribution in [2.75, 3.05) is 48.8 Å². The molecule has 4 rings (SSSR count). The average Bonchev–Trinajstić information content (AvgIpc) is 3.15. The summed E-state index contributed by atoms with van der Waals surface area (Å²) >= 11 is 1.54. The first-order valence-corrected chi connectivity index (χ1v) is 12.3. The molecule has 1 aliphatic rings. The highest BCUT2D eigenvalue weighted by atomic mass is 32.1. The third-order valence-electron chi connectivity index (χ3n) is 5.91. The van der Waals surface area contributed by atoms with E-state index in [2.05, 4.69) is 63.4 Å². The lowest BCUT2D eigenvalue weighted by atomic mass is 10.0. The van der Waals surface area contributed by atoms with Gasteiger partial charge in [-0.1, -0.05) is 13.8 Å². The van der Waals surface area contributed by atoms with Crippen molar-refractivity contribution in [1.82, 2.24) is 14.9 Å². The van der Waals surface area contributed by atoms with Gasteiger partial charge in [-0.15, -0.1) is 11.3 Å². The lowest BCUT2D eigenvalue weighted by Crippen LogP contribution is -2.44. The Morgan fingerprint density at radius 3 is 2.52 bits per heavy atom. The molecule has 176 valence electrons. The van der Waals surface area contributed by atoms with Gasteiger partial charge < -0.3 is 26.2 Å². The van der Waals surface area contributed by atoms with Gasteiger partial charge in [0.15, 0.2) is 0 Å². The van der Waals surface area contributed by atoms with Crippen molar-refractivity contribution in [2.24, 2.45) is 11.7 Å². The molecule has 4 N–H and O–H groups in total. The van der Waals surface area contributed by atoms with Crippen molar-refractivity contribution in [3.05, 3.63) is 35.2 Å². The van der Waals surface area contributed by atoms with Crippen molar-refractivity contribution in [3.63, 3.8) is 0 Å². The van der Waals surface area contributed by atoms with E-state index >= 15 is 0 Å². The van der Waals surface area contributed by atoms with Gasteiger partial charge in [-0.05, 0) is 61.5 Å². The highest BCUT2D eigenvalue weighted by Gasteiger charge is 2.20. The molecule has 0 unspecified atom stereocenters. The number of thiophene rings is 1. The van der Waals surface area contributed by atoms with Crippen LogP contribution in [0.25, 0.3) is 10.2 Å². The Morgan fingerprint density at radius 2 is 1.85 bits per heavy atom. The van der Waals surface area contributed by atoms with Gasteiger partial charge in [0.2, 0.25) is 11.9 Å². The first kappa shape index (κ1) is 23.4. The van der Waals surface area contributed by atoms with Crippen molar-refractivity contribution in [1.29, 1.82) is 0 Å². The number of nitrogens with one attached hydrogen (secondary N) is 2. The largest absolute Gasteiger partial charge is 0.369 e. The number of hydrogen-bond donors (Lipinski definition) is 3. The minimum atomic E-state index is -0.576. The van der Waals surface area contributed by atoms with Crippen molar-refractivity contribution in [2.45, 2.75) is 33.2 Å². The predicted octanol–water partition coefficient (Wildman–Crippen LogP) is 3.81. The molecule has 0 aliphatic carbocycles. The minimum absolute atomic E-state index is 0.225. The van der Waals surface area contributed by atoms with E-state index in [9.17, 15) is 4.79 Å². The number of aryl methyl sites for hydroxylation is 1. The number of amides is 1. The van der Waals surface area contributed by atoms with Gasteiger partial charge in [0, 0.05) is 37.6 Å². The number of benzene rings is 1. The summed E-state index contributed by atoms with van der Waals surface area (Å²) in [4.78, 5) is 27.6. The molecule has 3 heterocycles. The number of carbonyl (C=O) groups is 1. The second kappa shape index (κ2) is 10.0. The van der Waals surface area contributed by atoms with Crippen LogP contribution < -0.4 is 21.3 Å². The first-order chi connectivity index (χ1) is 15.8. The SMILES string of the molecule is Cc1csc2nc(Nc3ccc(N4CCN(C)CC4)cc3)nc(NC(=O)[C@H](N)CC(C)C)c12. The molecule has 1 aliphatic heterocycles. The summed E-state index contributed by atoms with van der Waals surface area (Å²) in [7, 11) is 2.16. The number of nitrogens with two attached hydrogens (primary N) is 1. The van der Waals surface area contributed by atoms with Crippen LogP contribution >= 0.6 is 11.3 Å². The van der Waals surface area contributed by atoms with Crippen LogP contribution in [0.3, 0.4) is 0 Å². The number of fused-ring (bicyclic) bond motifs is 1. The quantitative estimate of drug-likeness (QED) is 0.486. The summed E-state index contributed by atoms with van der Waals surface area (Å²) < 4.78 is 0. The summed E-state index contributed by atoms with van der Waals surface area (Å²) in [5.74, 6) is 1.06. The highest BCUT2D eigenvalue weighted by Crippen LogP contribution is 2.31. The molecule has 3 aromatic rings. The molecule has 0 spiro atoms. The summed E-state index contributed by atoms with van der Waals surface area (Å²) in [6, 6.07) is 7.74. The van der Waals surface area contributed by atoms with E-state index in [1.54, 1.807) is 0 Å². The number of nitrogens with zero attached hydrogens (tertiary/aromatic N) is 4. The van der Waals surface area contributed by atoms with Crippen molar-refractivity contribution < 1.29 is 4.79 Å². The van der Waals surface area contributed by atoms with Crippen LogP contribution in [0.2, 0.25) is 0 Å². The monoisotopic (exact) mass is 467 g/mol. The number of piperazine rings is 1. The Morgan fingerprint density at radius 1 is 1.15 bits per heavy atom. The van der Waals surface area contributed by atoms with Gasteiger partial charge >= 0.3 is 0 Å². The molecule has 1 amide bonds. The normalized spacial score (nSPS) is 15.8. The molecular weight excluding hydrogens is 434 g/mol. The van der Waals surface area contributed by atoms with Gasteiger partial charge in [0.1, 0.15) is 10.6 Å². The smallest absolute Gasteiger partial charge is 0.242 e. The summed E-state index contributed by atoms with van der Waals surface area (Å²) in [6.07, 6.45) is 0.618. The number of rotatable bonds is 7. The molecule has 8 nitrogen and oxygen atoms in total. The summed E-state index contributed by atoms with van der Waals surface area (Å²) in [6.45, 7) is 10.3. The third-order valence-corrected chi connectivity index (χ3v) is 6.90. The maximum absolute atomic E-state index is 12.7. The topological polar surface area (TPSA) is 99.4 Å². The highest BCUT2D eigenvalue weighted by molar-refractivity contribution is 7.17. The lowest BCUT2D eigenvalue weighted by Gasteiger charge is -2.34. The van der Waals surface area contributed by atoms with Gasteiger partial charge in [0.25, 0.3) is 0 Å². The van der Waals surface area contributed by atoms with E-state index in [1.165, 1.54) is 17.0 Å². The van der Waals surface area contributed by atoms with Crippen LogP contribution in [0.15, 0.2) is 29.6 Å². The Hall–Kier alpha value is -2.75. The van der Waals surface area contributed by atoms with Gasteiger partial charge in [-0.2, -0.15) is 4.98 Å². The fraction of sp³-hybridized carbons (Fsp3) is 0.458. The second-order valence-corrected chi connectivity index (χ2v) is 10.0. The fourth-order valence-electron chi connectivity index (χ4n) is 4.00. The molecule has 33 heavy (non-hydrogen) atoms. The zero-order valence-corrected chi connectivity index (χ0v) is 20.6. The number of likely N-dealkylation sites (N-methyl/N-ethyl adjacent to an activating group) is 1. The van der Waals surface area contributed by atoms with Gasteiger partial charge in [-0.25, -0.2) is 4.98 Å². The number of carbonyl (C=O) groups excluding carboxylic acids is 1. The molecule has 1 aromatic carbocycles. The zero-order valence-electron chi connectivity index (χ0n) is 19.8. The molecule has 1 atom stereocenters. The minimum Gasteiger partial charge on any atom is -0.369 e.